The highest BCUT2D eigenvalue weighted by Crippen LogP contribution is 2.35. The number of aromatic nitrogens is 4. The summed E-state index contributed by atoms with van der Waals surface area (Å²) in [4.78, 5) is 27.3. The summed E-state index contributed by atoms with van der Waals surface area (Å²) < 4.78 is 44.2. The maximum atomic E-state index is 13.8. The van der Waals surface area contributed by atoms with Crippen LogP contribution in [0.25, 0.3) is 22.8 Å². The number of alkyl halides is 3. The molecule has 0 spiro atoms. The third kappa shape index (κ3) is 4.58. The molecule has 0 unspecified atom stereocenters. The van der Waals surface area contributed by atoms with Crippen molar-refractivity contribution in [2.45, 2.75) is 57.7 Å². The van der Waals surface area contributed by atoms with Crippen LogP contribution in [0.2, 0.25) is 0 Å². The molecule has 1 N–H and O–H groups in total. The van der Waals surface area contributed by atoms with Gasteiger partial charge in [-0.25, -0.2) is 18.8 Å². The second kappa shape index (κ2) is 9.85. The van der Waals surface area contributed by atoms with Gasteiger partial charge in [-0.15, -0.1) is 0 Å². The Bertz CT molecular complexity index is 1540. The van der Waals surface area contributed by atoms with Crippen molar-refractivity contribution in [1.29, 1.82) is 5.26 Å². The highest BCUT2D eigenvalue weighted by atomic mass is 19.4. The van der Waals surface area contributed by atoms with E-state index in [2.05, 4.69) is 16.5 Å². The minimum Gasteiger partial charge on any atom is -0.335 e. The Hall–Kier alpha value is -4.33. The number of nitrogens with zero attached hydrogens (tertiary/aromatic N) is 5. The molecule has 0 saturated heterocycles. The molecule has 1 fully saturated rings. The van der Waals surface area contributed by atoms with Crippen LogP contribution in [0.5, 0.6) is 0 Å². The normalized spacial score (nSPS) is 16.2. The smallest absolute Gasteiger partial charge is 0.335 e. The number of carbonyl (C=O) groups excluding carboxylic acids is 1. The van der Waals surface area contributed by atoms with Crippen LogP contribution in [0.15, 0.2) is 59.0 Å². The Labute approximate surface area is 216 Å². The van der Waals surface area contributed by atoms with E-state index in [1.807, 2.05) is 0 Å². The molecule has 2 heterocycles. The molecule has 2 aliphatic carbocycles. The van der Waals surface area contributed by atoms with E-state index in [1.54, 1.807) is 43.3 Å². The highest BCUT2D eigenvalue weighted by molar-refractivity contribution is 5.84. The Morgan fingerprint density at radius 1 is 1.16 bits per heavy atom. The summed E-state index contributed by atoms with van der Waals surface area (Å²) in [6.45, 7) is 1.60. The number of rotatable bonds is 4. The Morgan fingerprint density at radius 2 is 1.87 bits per heavy atom. The first kappa shape index (κ1) is 25.3. The van der Waals surface area contributed by atoms with Crippen LogP contribution in [0.1, 0.15) is 49.8 Å². The first-order valence-corrected chi connectivity index (χ1v) is 12.4. The fraction of sp³-hybridized carbons (Fsp3) is 0.333. The molecule has 11 heteroatoms. The number of nitriles is 1. The predicted octanol–water partition coefficient (Wildman–Crippen LogP) is 5.31. The van der Waals surface area contributed by atoms with Gasteiger partial charge in [0.2, 0.25) is 0 Å². The number of nitrogens with one attached hydrogen (secondary N) is 1. The summed E-state index contributed by atoms with van der Waals surface area (Å²) in [5.41, 5.74) is 0.556. The highest BCUT2D eigenvalue weighted by Gasteiger charge is 2.35. The van der Waals surface area contributed by atoms with E-state index in [9.17, 15) is 22.8 Å². The molecule has 38 heavy (non-hydrogen) atoms. The topological polar surface area (TPSA) is 97.6 Å². The average Bonchev–Trinajstić information content (AvgIpc) is 3.63. The second-order valence-electron chi connectivity index (χ2n) is 9.44. The molecule has 8 nitrogen and oxygen atoms in total. The molecule has 1 aromatic carbocycles. The van der Waals surface area contributed by atoms with E-state index in [0.717, 1.165) is 40.9 Å². The molecule has 1 amide bonds. The van der Waals surface area contributed by atoms with Gasteiger partial charge in [0.15, 0.2) is 0 Å². The van der Waals surface area contributed by atoms with Gasteiger partial charge in [-0.2, -0.15) is 23.5 Å². The zero-order valence-electron chi connectivity index (χ0n) is 20.6. The van der Waals surface area contributed by atoms with Crippen LogP contribution in [0.4, 0.5) is 18.0 Å². The number of allylic oxidation sites excluding steroid dienone is 4. The van der Waals surface area contributed by atoms with Gasteiger partial charge in [-0.1, -0.05) is 18.9 Å². The third-order valence-corrected chi connectivity index (χ3v) is 7.01. The van der Waals surface area contributed by atoms with Gasteiger partial charge in [0, 0.05) is 17.3 Å². The number of hydrogen-bond donors (Lipinski definition) is 1. The van der Waals surface area contributed by atoms with E-state index in [4.69, 9.17) is 5.26 Å². The molecule has 1 saturated carbocycles. The number of imidazole rings is 1. The van der Waals surface area contributed by atoms with Crippen molar-refractivity contribution >= 4 is 11.7 Å². The van der Waals surface area contributed by atoms with Crippen molar-refractivity contribution in [1.82, 2.24) is 24.2 Å². The monoisotopic (exact) mass is 522 g/mol. The SMILES string of the molecule is Cc1c(-c2ccnn2-c2ccc(C#N)cc2)n(C(=O)NC2CCCC2)c(=O)n1C1=CCCC(C(F)(F)F)=C1. The zero-order chi connectivity index (χ0) is 27.0. The van der Waals surface area contributed by atoms with Gasteiger partial charge < -0.3 is 5.32 Å². The molecule has 3 aromatic rings. The lowest BCUT2D eigenvalue weighted by molar-refractivity contribution is -0.0940. The minimum absolute atomic E-state index is 0.0733. The van der Waals surface area contributed by atoms with Crippen molar-refractivity contribution in [3.05, 3.63) is 76.0 Å². The van der Waals surface area contributed by atoms with Gasteiger partial charge >= 0.3 is 17.9 Å². The maximum absolute atomic E-state index is 13.8. The minimum atomic E-state index is -4.52. The van der Waals surface area contributed by atoms with Crippen LogP contribution >= 0.6 is 0 Å². The molecule has 2 aliphatic rings. The quantitative estimate of drug-likeness (QED) is 0.502. The van der Waals surface area contributed by atoms with Crippen molar-refractivity contribution in [3.63, 3.8) is 0 Å². The first-order valence-electron chi connectivity index (χ1n) is 12.4. The summed E-state index contributed by atoms with van der Waals surface area (Å²) >= 11 is 0. The van der Waals surface area contributed by atoms with Crippen molar-refractivity contribution in [3.8, 4) is 23.1 Å². The molecule has 0 radical (unpaired) electrons. The van der Waals surface area contributed by atoms with Crippen molar-refractivity contribution in [2.24, 2.45) is 0 Å². The van der Waals surface area contributed by atoms with Gasteiger partial charge in [0.1, 0.15) is 5.69 Å². The summed E-state index contributed by atoms with van der Waals surface area (Å²) in [6, 6.07) is 9.58. The number of carbonyl (C=O) groups is 1. The largest absolute Gasteiger partial charge is 0.412 e. The van der Waals surface area contributed by atoms with E-state index in [-0.39, 0.29) is 30.3 Å². The lowest BCUT2D eigenvalue weighted by Gasteiger charge is -2.17. The molecule has 196 valence electrons. The van der Waals surface area contributed by atoms with Crippen LogP contribution in [-0.4, -0.2) is 37.2 Å². The fourth-order valence-electron chi connectivity index (χ4n) is 5.14. The second-order valence-corrected chi connectivity index (χ2v) is 9.44. The summed E-state index contributed by atoms with van der Waals surface area (Å²) in [5.74, 6) is 0. The Kier molecular flexibility index (Phi) is 6.57. The van der Waals surface area contributed by atoms with Crippen LogP contribution < -0.4 is 11.0 Å². The number of benzene rings is 1. The van der Waals surface area contributed by atoms with Gasteiger partial charge in [-0.05, 0) is 69.0 Å². The van der Waals surface area contributed by atoms with Crippen molar-refractivity contribution in [2.75, 3.05) is 0 Å². The lowest BCUT2D eigenvalue weighted by Crippen LogP contribution is -2.41. The summed E-state index contributed by atoms with van der Waals surface area (Å²) in [7, 11) is 0. The standard InChI is InChI=1S/C27H25F3N6O2/c1-17-24(23-13-14-32-36(23)21-11-9-18(16-31)10-12-21)35(25(37)33-20-6-2-3-7-20)26(38)34(17)22-8-4-5-19(15-22)27(28,29)30/h8-15,20H,2-7H2,1H3,(H,33,37). The summed E-state index contributed by atoms with van der Waals surface area (Å²) in [5, 5.41) is 16.4. The number of hydrogen-bond acceptors (Lipinski definition) is 4. The molecule has 2 aromatic heterocycles. The van der Waals surface area contributed by atoms with Crippen LogP contribution in [0.3, 0.4) is 0 Å². The molecule has 0 aliphatic heterocycles. The van der Waals surface area contributed by atoms with E-state index in [0.29, 0.717) is 22.6 Å². The molecule has 0 atom stereocenters. The Morgan fingerprint density at radius 3 is 2.53 bits per heavy atom. The molecule has 5 rings (SSSR count). The molecular weight excluding hydrogens is 497 g/mol. The van der Waals surface area contributed by atoms with Crippen LogP contribution in [-0.2, 0) is 0 Å². The van der Waals surface area contributed by atoms with Gasteiger partial charge in [0.25, 0.3) is 0 Å². The zero-order valence-corrected chi connectivity index (χ0v) is 20.6. The summed E-state index contributed by atoms with van der Waals surface area (Å²) in [6.07, 6.45) is 3.00. The average molecular weight is 523 g/mol. The lowest BCUT2D eigenvalue weighted by atomic mass is 10.0. The van der Waals surface area contributed by atoms with Crippen LogP contribution in [0, 0.1) is 18.3 Å². The van der Waals surface area contributed by atoms with E-state index < -0.39 is 23.5 Å². The molecule has 0 bridgehead atoms. The predicted molar refractivity (Wildman–Crippen MR) is 135 cm³/mol. The Balaban J connectivity index is 1.68. The van der Waals surface area contributed by atoms with Crippen molar-refractivity contribution < 1.29 is 18.0 Å². The van der Waals surface area contributed by atoms with E-state index >= 15 is 0 Å². The van der Waals surface area contributed by atoms with Gasteiger partial charge in [-0.3, -0.25) is 4.57 Å². The number of amides is 1. The first-order chi connectivity index (χ1) is 18.2. The maximum Gasteiger partial charge on any atom is 0.412 e. The fourth-order valence-corrected chi connectivity index (χ4v) is 5.14. The van der Waals surface area contributed by atoms with E-state index in [1.165, 1.54) is 10.9 Å². The third-order valence-electron chi connectivity index (χ3n) is 7.01. The molecular formula is C27H25F3N6O2. The van der Waals surface area contributed by atoms with Gasteiger partial charge in [0.05, 0.1) is 34.9 Å². The number of halogens is 3.